The molecule has 0 amide bonds. The van der Waals surface area contributed by atoms with Gasteiger partial charge in [-0.3, -0.25) is 0 Å². The van der Waals surface area contributed by atoms with E-state index in [9.17, 15) is 0 Å². The Kier molecular flexibility index (Phi) is 60.7. The van der Waals surface area contributed by atoms with Gasteiger partial charge in [-0.1, -0.05) is 0 Å². The van der Waals surface area contributed by atoms with Gasteiger partial charge in [0.25, 0.3) is 0 Å². The van der Waals surface area contributed by atoms with Gasteiger partial charge in [0, 0.05) is 0 Å². The smallest absolute Gasteiger partial charge is 0.822 e. The molecule has 0 N–H and O–H groups in total. The van der Waals surface area contributed by atoms with E-state index < -0.39 is 39.1 Å². The maximum Gasteiger partial charge on any atom is 3.00 e. The van der Waals surface area contributed by atoms with Crippen LogP contribution in [-0.4, -0.2) is 86.8 Å². The van der Waals surface area contributed by atoms with Crippen molar-refractivity contribution in [2.24, 2.45) is 0 Å². The summed E-state index contributed by atoms with van der Waals surface area (Å²) in [5.41, 5.74) is 0. The van der Waals surface area contributed by atoms with Gasteiger partial charge >= 0.3 is 86.8 Å². The normalized spacial score (nSPS) is 9.83. The van der Waals surface area contributed by atoms with Crippen molar-refractivity contribution in [1.29, 1.82) is 0 Å². The zero-order valence-corrected chi connectivity index (χ0v) is 23.5. The van der Waals surface area contributed by atoms with Crippen LogP contribution in [0, 0.1) is 0 Å². The molecule has 30 heavy (non-hydrogen) atoms. The van der Waals surface area contributed by atoms with Crippen LogP contribution in [0.5, 0.6) is 0 Å². The third-order valence-electron chi connectivity index (χ3n) is 0. The van der Waals surface area contributed by atoms with E-state index in [4.69, 9.17) is 96.2 Å². The molecule has 0 fully saturated rings. The Balaban J connectivity index is -0.0000000200. The Morgan fingerprint density at radius 1 is 0.233 bits per heavy atom. The van der Waals surface area contributed by atoms with Crippen molar-refractivity contribution in [3.05, 3.63) is 0 Å². The average molecular weight is 610 g/mol. The fraction of sp³-hybridized carbons (Fsp3) is 0. The van der Waals surface area contributed by atoms with Crippen LogP contribution in [0.4, 0.5) is 0 Å². The third-order valence-corrected chi connectivity index (χ3v) is 0. The first kappa shape index (κ1) is 64.0. The second-order valence-electron chi connectivity index (χ2n) is 2.24. The number of hydrogen-bond acceptors (Lipinski definition) is 20. The summed E-state index contributed by atoms with van der Waals surface area (Å²) >= 11 is 0. The van der Waals surface area contributed by atoms with Gasteiger partial charge in [0.1, 0.15) is 0 Å². The molecule has 0 atom stereocenters. The molecule has 0 heterocycles. The number of hydrogen-bond donors (Lipinski definition) is 0. The summed E-state index contributed by atoms with van der Waals surface area (Å²) < 4.78 is 42.7. The summed E-state index contributed by atoms with van der Waals surface area (Å²) in [6.45, 7) is 0. The van der Waals surface area contributed by atoms with Crippen molar-refractivity contribution in [1.82, 2.24) is 0 Å². The van der Waals surface area contributed by atoms with Gasteiger partial charge in [0.15, 0.2) is 0 Å². The first-order chi connectivity index (χ1) is 10.0. The average Bonchev–Trinajstić information content (AvgIpc) is 1.79. The van der Waals surface area contributed by atoms with Crippen molar-refractivity contribution in [3.8, 4) is 0 Å². The van der Waals surface area contributed by atoms with Crippen molar-refractivity contribution < 1.29 is 96.2 Å². The van der Waals surface area contributed by atoms with E-state index in [0.717, 1.165) is 0 Å². The quantitative estimate of drug-likeness (QED) is 0.181. The minimum Gasteiger partial charge on any atom is -0.822 e. The molecule has 0 aliphatic rings. The Morgan fingerprint density at radius 3 is 0.233 bits per heavy atom. The van der Waals surface area contributed by atoms with E-state index in [2.05, 4.69) is 0 Å². The zero-order valence-electron chi connectivity index (χ0n) is 13.3. The first-order valence-electron chi connectivity index (χ1n) is 3.65. The molecule has 20 nitrogen and oxygen atoms in total. The molecular formula is Al5O20P5. The van der Waals surface area contributed by atoms with Crippen LogP contribution in [0.3, 0.4) is 0 Å². The van der Waals surface area contributed by atoms with Crippen LogP contribution >= 0.6 is 39.1 Å². The number of rotatable bonds is 0. The van der Waals surface area contributed by atoms with Gasteiger partial charge < -0.3 is 96.2 Å². The van der Waals surface area contributed by atoms with E-state index in [1.165, 1.54) is 0 Å². The Labute approximate surface area is 220 Å². The van der Waals surface area contributed by atoms with E-state index in [1.807, 2.05) is 0 Å². The SMILES string of the molecule is O=P([O-])([O-])[O-].O=P([O-])([O-])[O-].O=P([O-])([O-])[O-].O=P([O-])([O-])[O-].O=P([O-])([O-])[O-].[Al+3].[Al+3].[Al+3].[Al+3].[Al+3]. The van der Waals surface area contributed by atoms with Crippen LogP contribution in [0.25, 0.3) is 0 Å². The van der Waals surface area contributed by atoms with Gasteiger partial charge in [-0.05, 0) is 0 Å². The van der Waals surface area contributed by atoms with Crippen LogP contribution in [0.15, 0.2) is 0 Å². The molecule has 0 spiro atoms. The van der Waals surface area contributed by atoms with Gasteiger partial charge in [-0.15, -0.1) is 0 Å². The molecule has 0 aliphatic carbocycles. The summed E-state index contributed by atoms with van der Waals surface area (Å²) in [6.07, 6.45) is 0. The van der Waals surface area contributed by atoms with E-state index >= 15 is 0 Å². The molecule has 0 aromatic heterocycles. The monoisotopic (exact) mass is 610 g/mol. The Morgan fingerprint density at radius 2 is 0.233 bits per heavy atom. The zero-order chi connectivity index (χ0) is 22.5. The summed E-state index contributed by atoms with van der Waals surface area (Å²) in [5.74, 6) is 0. The van der Waals surface area contributed by atoms with Gasteiger partial charge in [-0.2, -0.15) is 39.1 Å². The summed E-state index contributed by atoms with van der Waals surface area (Å²) in [7, 11) is -26.9. The molecule has 0 aromatic rings. The topological polar surface area (TPSA) is 431 Å². The van der Waals surface area contributed by atoms with Crippen LogP contribution < -0.4 is 73.4 Å². The van der Waals surface area contributed by atoms with Crippen LogP contribution in [0.2, 0.25) is 0 Å². The van der Waals surface area contributed by atoms with E-state index in [1.54, 1.807) is 0 Å². The molecular weight excluding hydrogens is 610 g/mol. The van der Waals surface area contributed by atoms with E-state index in [-0.39, 0.29) is 86.8 Å². The minimum atomic E-state index is -5.39. The van der Waals surface area contributed by atoms with Gasteiger partial charge in [0.05, 0.1) is 0 Å². The molecule has 0 saturated carbocycles. The predicted octanol–water partition coefficient (Wildman–Crippen LogP) is -16.0. The molecule has 0 bridgehead atoms. The maximum atomic E-state index is 8.55. The molecule has 0 unspecified atom stereocenters. The summed E-state index contributed by atoms with van der Waals surface area (Å²) in [6, 6.07) is 0. The van der Waals surface area contributed by atoms with E-state index in [0.29, 0.717) is 0 Å². The molecule has 0 aliphatic heterocycles. The third kappa shape index (κ3) is 2760. The Bertz CT molecular complexity index is 385. The fourth-order valence-electron chi connectivity index (χ4n) is 0. The number of phosphoric acid groups is 5. The molecule has 160 valence electrons. The first-order valence-corrected chi connectivity index (χ1v) is 11.0. The maximum absolute atomic E-state index is 8.55. The van der Waals surface area contributed by atoms with Gasteiger partial charge in [-0.25, -0.2) is 0 Å². The standard InChI is InChI=1S/5Al.5H3O4P/c;;;;;5*1-5(2,3)4/h;;;;;5*(H3,1,2,3,4)/q5*+3;;;;;/p-15. The summed E-state index contributed by atoms with van der Waals surface area (Å²) in [5, 5.41) is 0. The minimum absolute atomic E-state index is 0. The van der Waals surface area contributed by atoms with Crippen molar-refractivity contribution in [2.75, 3.05) is 0 Å². The second kappa shape index (κ2) is 28.4. The predicted molar refractivity (Wildman–Crippen MR) is 66.8 cm³/mol. The van der Waals surface area contributed by atoms with Crippen LogP contribution in [0.1, 0.15) is 0 Å². The van der Waals surface area contributed by atoms with Crippen LogP contribution in [-0.2, 0) is 22.8 Å². The Hall–Kier alpha value is 3.21. The molecule has 0 radical (unpaired) electrons. The van der Waals surface area contributed by atoms with Crippen molar-refractivity contribution in [2.45, 2.75) is 0 Å². The molecule has 0 rings (SSSR count). The van der Waals surface area contributed by atoms with Crippen molar-refractivity contribution >= 4 is 126 Å². The molecule has 0 saturated heterocycles. The second-order valence-corrected chi connectivity index (χ2v) is 6.71. The van der Waals surface area contributed by atoms with Gasteiger partial charge in [0.2, 0.25) is 0 Å². The fourth-order valence-corrected chi connectivity index (χ4v) is 0. The largest absolute Gasteiger partial charge is 3.00 e. The molecule has 30 heteroatoms. The summed E-state index contributed by atoms with van der Waals surface area (Å²) in [4.78, 5) is 128. The molecule has 0 aromatic carbocycles. The van der Waals surface area contributed by atoms with Crippen molar-refractivity contribution in [3.63, 3.8) is 0 Å².